The van der Waals surface area contributed by atoms with Crippen molar-refractivity contribution >= 4 is 33.4 Å². The molecule has 1 amide bonds. The third-order valence-corrected chi connectivity index (χ3v) is 3.83. The number of amides is 1. The van der Waals surface area contributed by atoms with Crippen LogP contribution in [0.2, 0.25) is 5.02 Å². The highest BCUT2D eigenvalue weighted by Crippen LogP contribution is 2.33. The Balaban J connectivity index is 2.42. The van der Waals surface area contributed by atoms with E-state index in [0.29, 0.717) is 17.1 Å². The summed E-state index contributed by atoms with van der Waals surface area (Å²) in [6.07, 6.45) is 0.957. The van der Waals surface area contributed by atoms with Gasteiger partial charge in [-0.25, -0.2) is 0 Å². The largest absolute Gasteiger partial charge is 0.332 e. The molecule has 86 valence electrons. The molecule has 2 rings (SSSR count). The van der Waals surface area contributed by atoms with Crippen LogP contribution in [-0.4, -0.2) is 16.8 Å². The lowest BCUT2D eigenvalue weighted by atomic mass is 10.1. The Bertz CT molecular complexity index is 447. The summed E-state index contributed by atoms with van der Waals surface area (Å²) in [6, 6.07) is 4.01. The number of hydrogen-bond donors (Lipinski definition) is 0. The van der Waals surface area contributed by atoms with Crippen LogP contribution >= 0.6 is 27.5 Å². The second-order valence-electron chi connectivity index (χ2n) is 4.11. The molecule has 1 unspecified atom stereocenters. The fourth-order valence-corrected chi connectivity index (χ4v) is 2.92. The maximum absolute atomic E-state index is 12.2. The Kier molecular flexibility index (Phi) is 3.27. The van der Waals surface area contributed by atoms with Gasteiger partial charge in [-0.3, -0.25) is 4.79 Å². The van der Waals surface area contributed by atoms with E-state index in [1.165, 1.54) is 0 Å². The van der Waals surface area contributed by atoms with E-state index in [0.717, 1.165) is 16.5 Å². The van der Waals surface area contributed by atoms with Crippen molar-refractivity contribution in [1.82, 2.24) is 4.90 Å². The van der Waals surface area contributed by atoms with Gasteiger partial charge in [-0.15, -0.1) is 0 Å². The van der Waals surface area contributed by atoms with Gasteiger partial charge in [0, 0.05) is 17.1 Å². The summed E-state index contributed by atoms with van der Waals surface area (Å²) in [5.74, 6) is 0.0573. The molecule has 0 saturated heterocycles. The summed E-state index contributed by atoms with van der Waals surface area (Å²) in [4.78, 5) is 14.0. The standard InChI is InChI=1S/C12H13BrClNO/c1-3-7(2)15-6-8-4-9(13)5-10(14)11(8)12(15)16/h4-5,7H,3,6H2,1-2H3. The van der Waals surface area contributed by atoms with E-state index < -0.39 is 0 Å². The number of benzene rings is 1. The molecule has 0 bridgehead atoms. The number of hydrogen-bond acceptors (Lipinski definition) is 1. The zero-order chi connectivity index (χ0) is 11.9. The first kappa shape index (κ1) is 11.9. The highest BCUT2D eigenvalue weighted by atomic mass is 79.9. The first-order chi connectivity index (χ1) is 7.54. The Morgan fingerprint density at radius 3 is 2.88 bits per heavy atom. The van der Waals surface area contributed by atoms with Gasteiger partial charge in [0.2, 0.25) is 0 Å². The molecule has 1 aliphatic heterocycles. The van der Waals surface area contributed by atoms with Crippen LogP contribution in [0.4, 0.5) is 0 Å². The Morgan fingerprint density at radius 1 is 1.56 bits per heavy atom. The van der Waals surface area contributed by atoms with E-state index in [2.05, 4.69) is 29.8 Å². The number of halogens is 2. The van der Waals surface area contributed by atoms with E-state index >= 15 is 0 Å². The van der Waals surface area contributed by atoms with Gasteiger partial charge in [-0.2, -0.15) is 0 Å². The molecule has 0 N–H and O–H groups in total. The van der Waals surface area contributed by atoms with Crippen molar-refractivity contribution in [2.45, 2.75) is 32.9 Å². The summed E-state index contributed by atoms with van der Waals surface area (Å²) in [7, 11) is 0. The number of carbonyl (C=O) groups excluding carboxylic acids is 1. The normalized spacial score (nSPS) is 16.5. The maximum Gasteiger partial charge on any atom is 0.256 e. The average molecular weight is 303 g/mol. The second-order valence-corrected chi connectivity index (χ2v) is 5.43. The molecule has 4 heteroatoms. The highest BCUT2D eigenvalue weighted by Gasteiger charge is 2.32. The van der Waals surface area contributed by atoms with Gasteiger partial charge in [0.15, 0.2) is 0 Å². The molecule has 0 fully saturated rings. The molecule has 1 aromatic rings. The number of fused-ring (bicyclic) bond motifs is 1. The third-order valence-electron chi connectivity index (χ3n) is 3.07. The minimum Gasteiger partial charge on any atom is -0.332 e. The predicted octanol–water partition coefficient (Wildman–Crippen LogP) is 3.86. The fraction of sp³-hybridized carbons (Fsp3) is 0.417. The summed E-state index contributed by atoms with van der Waals surface area (Å²) >= 11 is 9.50. The van der Waals surface area contributed by atoms with Crippen LogP contribution in [0, 0.1) is 0 Å². The van der Waals surface area contributed by atoms with Gasteiger partial charge in [0.1, 0.15) is 0 Å². The molecule has 0 aromatic heterocycles. The lowest BCUT2D eigenvalue weighted by Crippen LogP contribution is -2.32. The molecule has 0 aliphatic carbocycles. The molecule has 1 atom stereocenters. The van der Waals surface area contributed by atoms with Crippen molar-refractivity contribution < 1.29 is 4.79 Å². The van der Waals surface area contributed by atoms with Crippen LogP contribution in [-0.2, 0) is 6.54 Å². The van der Waals surface area contributed by atoms with Crippen LogP contribution in [0.25, 0.3) is 0 Å². The van der Waals surface area contributed by atoms with Gasteiger partial charge >= 0.3 is 0 Å². The number of rotatable bonds is 2. The molecule has 1 aromatic carbocycles. The van der Waals surface area contributed by atoms with Gasteiger partial charge in [-0.1, -0.05) is 34.5 Å². The van der Waals surface area contributed by atoms with E-state index in [9.17, 15) is 4.79 Å². The Morgan fingerprint density at radius 2 is 2.25 bits per heavy atom. The molecule has 1 heterocycles. The molecule has 2 nitrogen and oxygen atoms in total. The van der Waals surface area contributed by atoms with Gasteiger partial charge in [0.25, 0.3) is 5.91 Å². The maximum atomic E-state index is 12.2. The van der Waals surface area contributed by atoms with Crippen molar-refractivity contribution in [2.75, 3.05) is 0 Å². The minimum absolute atomic E-state index is 0.0573. The lowest BCUT2D eigenvalue weighted by molar-refractivity contribution is 0.0713. The summed E-state index contributed by atoms with van der Waals surface area (Å²) in [5.41, 5.74) is 1.69. The summed E-state index contributed by atoms with van der Waals surface area (Å²) in [6.45, 7) is 4.81. The molecule has 0 saturated carbocycles. The average Bonchev–Trinajstić information content (AvgIpc) is 2.54. The zero-order valence-electron chi connectivity index (χ0n) is 9.26. The first-order valence-electron chi connectivity index (χ1n) is 5.33. The molecule has 0 radical (unpaired) electrons. The van der Waals surface area contributed by atoms with E-state index in [1.54, 1.807) is 6.07 Å². The molecule has 0 spiro atoms. The van der Waals surface area contributed by atoms with Gasteiger partial charge in [0.05, 0.1) is 10.6 Å². The molecule has 16 heavy (non-hydrogen) atoms. The summed E-state index contributed by atoms with van der Waals surface area (Å²) < 4.78 is 0.926. The Hall–Kier alpha value is -0.540. The van der Waals surface area contributed by atoms with Gasteiger partial charge in [-0.05, 0) is 31.0 Å². The minimum atomic E-state index is 0.0573. The quantitative estimate of drug-likeness (QED) is 0.812. The predicted molar refractivity (Wildman–Crippen MR) is 68.8 cm³/mol. The lowest BCUT2D eigenvalue weighted by Gasteiger charge is -2.22. The van der Waals surface area contributed by atoms with Crippen LogP contribution in [0.5, 0.6) is 0 Å². The highest BCUT2D eigenvalue weighted by molar-refractivity contribution is 9.10. The molecular weight excluding hydrogens is 289 g/mol. The van der Waals surface area contributed by atoms with E-state index in [1.807, 2.05) is 11.0 Å². The van der Waals surface area contributed by atoms with E-state index in [-0.39, 0.29) is 11.9 Å². The van der Waals surface area contributed by atoms with Gasteiger partial charge < -0.3 is 4.90 Å². The zero-order valence-corrected chi connectivity index (χ0v) is 11.6. The SMILES string of the molecule is CCC(C)N1Cc2cc(Br)cc(Cl)c2C1=O. The number of carbonyl (C=O) groups is 1. The Labute approximate surface area is 109 Å². The molecule has 1 aliphatic rings. The van der Waals surface area contributed by atoms with E-state index in [4.69, 9.17) is 11.6 Å². The van der Waals surface area contributed by atoms with Crippen LogP contribution in [0.1, 0.15) is 36.2 Å². The second kappa shape index (κ2) is 4.38. The third kappa shape index (κ3) is 1.87. The van der Waals surface area contributed by atoms with Crippen molar-refractivity contribution in [3.05, 3.63) is 32.8 Å². The van der Waals surface area contributed by atoms with Crippen LogP contribution in [0.3, 0.4) is 0 Å². The van der Waals surface area contributed by atoms with Crippen LogP contribution in [0.15, 0.2) is 16.6 Å². The number of nitrogens with zero attached hydrogens (tertiary/aromatic N) is 1. The van der Waals surface area contributed by atoms with Crippen molar-refractivity contribution in [3.8, 4) is 0 Å². The van der Waals surface area contributed by atoms with Crippen molar-refractivity contribution in [1.29, 1.82) is 0 Å². The fourth-order valence-electron chi connectivity index (χ4n) is 1.97. The smallest absolute Gasteiger partial charge is 0.256 e. The monoisotopic (exact) mass is 301 g/mol. The van der Waals surface area contributed by atoms with Crippen molar-refractivity contribution in [3.63, 3.8) is 0 Å². The first-order valence-corrected chi connectivity index (χ1v) is 6.50. The van der Waals surface area contributed by atoms with Crippen LogP contribution < -0.4 is 0 Å². The summed E-state index contributed by atoms with van der Waals surface area (Å²) in [5, 5.41) is 0.542. The van der Waals surface area contributed by atoms with Crippen molar-refractivity contribution in [2.24, 2.45) is 0 Å². The molecular formula is C12H13BrClNO. The topological polar surface area (TPSA) is 20.3 Å².